The predicted molar refractivity (Wildman–Crippen MR) is 143 cm³/mol. The van der Waals surface area contributed by atoms with Crippen LogP contribution in [0.1, 0.15) is 80.8 Å². The minimum atomic E-state index is -0.373. The largest absolute Gasteiger partial charge is 0.416 e. The van der Waals surface area contributed by atoms with Crippen LogP contribution in [-0.4, -0.2) is 42.4 Å². The van der Waals surface area contributed by atoms with Crippen LogP contribution in [0.3, 0.4) is 0 Å². The maximum Gasteiger partial charge on any atom is 0.309 e. The Kier molecular flexibility index (Phi) is 6.94. The van der Waals surface area contributed by atoms with E-state index in [2.05, 4.69) is 62.2 Å². The molecule has 0 bridgehead atoms. The SMILES string of the molecule is CC(C)n1cc(Nc2nccc(-c3ccc4c(c3)CNCCC4NC(=O)c3nnc(C(C)(C)C)o3)n2)cn1. The summed E-state index contributed by atoms with van der Waals surface area (Å²) in [5.74, 6) is 0.536. The van der Waals surface area contributed by atoms with Gasteiger partial charge in [-0.25, -0.2) is 9.97 Å². The molecule has 1 atom stereocenters. The molecule has 11 heteroatoms. The zero-order valence-corrected chi connectivity index (χ0v) is 22.3. The van der Waals surface area contributed by atoms with Crippen molar-refractivity contribution in [1.82, 2.24) is 40.6 Å². The molecule has 0 spiro atoms. The standard InChI is InChI=1S/C27H33N9O2/c1-16(2)36-15-19(14-30-36)31-26-29-11-9-21(33-26)17-6-7-20-18(12-17)13-28-10-8-22(20)32-23(37)24-34-35-25(38-24)27(3,4)5/h6-7,9,11-12,14-16,22,28H,8,10,13H2,1-5H3,(H,32,37)(H,29,31,33). The Morgan fingerprint density at radius 1 is 1.21 bits per heavy atom. The number of rotatable bonds is 6. The second-order valence-electron chi connectivity index (χ2n) is 10.8. The lowest BCUT2D eigenvalue weighted by atomic mass is 9.96. The van der Waals surface area contributed by atoms with Crippen LogP contribution < -0.4 is 16.0 Å². The van der Waals surface area contributed by atoms with Crippen molar-refractivity contribution in [2.75, 3.05) is 11.9 Å². The summed E-state index contributed by atoms with van der Waals surface area (Å²) in [5, 5.41) is 22.1. The number of aromatic nitrogens is 6. The van der Waals surface area contributed by atoms with Crippen molar-refractivity contribution in [3.05, 3.63) is 65.8 Å². The number of nitrogens with one attached hydrogen (secondary N) is 3. The normalized spacial score (nSPS) is 15.7. The van der Waals surface area contributed by atoms with Crippen molar-refractivity contribution in [1.29, 1.82) is 0 Å². The first-order valence-corrected chi connectivity index (χ1v) is 12.8. The minimum absolute atomic E-state index is 0.0229. The molecule has 3 aromatic heterocycles. The monoisotopic (exact) mass is 515 g/mol. The van der Waals surface area contributed by atoms with Gasteiger partial charge in [0.2, 0.25) is 11.8 Å². The molecule has 0 aliphatic carbocycles. The molecule has 1 aliphatic rings. The van der Waals surface area contributed by atoms with Crippen LogP contribution in [0.25, 0.3) is 11.3 Å². The first-order chi connectivity index (χ1) is 18.2. The lowest BCUT2D eigenvalue weighted by molar-refractivity contribution is 0.0896. The molecule has 198 valence electrons. The molecule has 5 rings (SSSR count). The summed E-state index contributed by atoms with van der Waals surface area (Å²) in [4.78, 5) is 22.0. The van der Waals surface area contributed by atoms with E-state index in [1.807, 2.05) is 43.8 Å². The van der Waals surface area contributed by atoms with Crippen LogP contribution in [0.5, 0.6) is 0 Å². The quantitative estimate of drug-likeness (QED) is 0.343. The van der Waals surface area contributed by atoms with Crippen molar-refractivity contribution < 1.29 is 9.21 Å². The zero-order valence-electron chi connectivity index (χ0n) is 22.3. The summed E-state index contributed by atoms with van der Waals surface area (Å²) in [5.41, 5.74) is 4.41. The number of anilines is 2. The highest BCUT2D eigenvalue weighted by Crippen LogP contribution is 2.29. The molecule has 0 saturated heterocycles. The maximum absolute atomic E-state index is 12.9. The number of carbonyl (C=O) groups excluding carboxylic acids is 1. The molecular weight excluding hydrogens is 482 g/mol. The highest BCUT2D eigenvalue weighted by atomic mass is 16.4. The molecule has 1 unspecified atom stereocenters. The Morgan fingerprint density at radius 2 is 2.05 bits per heavy atom. The second kappa shape index (κ2) is 10.3. The van der Waals surface area contributed by atoms with Gasteiger partial charge in [0.15, 0.2) is 0 Å². The maximum atomic E-state index is 12.9. The second-order valence-corrected chi connectivity index (χ2v) is 10.8. The topological polar surface area (TPSA) is 136 Å². The summed E-state index contributed by atoms with van der Waals surface area (Å²) < 4.78 is 7.52. The van der Waals surface area contributed by atoms with Gasteiger partial charge in [-0.1, -0.05) is 32.9 Å². The Morgan fingerprint density at radius 3 is 2.79 bits per heavy atom. The predicted octanol–water partition coefficient (Wildman–Crippen LogP) is 4.31. The van der Waals surface area contributed by atoms with Crippen LogP contribution >= 0.6 is 0 Å². The van der Waals surface area contributed by atoms with Crippen molar-refractivity contribution in [3.63, 3.8) is 0 Å². The summed E-state index contributed by atoms with van der Waals surface area (Å²) >= 11 is 0. The third kappa shape index (κ3) is 5.57. The first kappa shape index (κ1) is 25.5. The average molecular weight is 516 g/mol. The number of hydrogen-bond acceptors (Lipinski definition) is 9. The highest BCUT2D eigenvalue weighted by Gasteiger charge is 2.27. The van der Waals surface area contributed by atoms with Crippen LogP contribution in [0.15, 0.2) is 47.3 Å². The summed E-state index contributed by atoms with van der Waals surface area (Å²) in [6.45, 7) is 11.5. The van der Waals surface area contributed by atoms with E-state index >= 15 is 0 Å². The lowest BCUT2D eigenvalue weighted by Crippen LogP contribution is -2.30. The van der Waals surface area contributed by atoms with E-state index in [4.69, 9.17) is 9.40 Å². The van der Waals surface area contributed by atoms with Gasteiger partial charge in [0, 0.05) is 36.0 Å². The van der Waals surface area contributed by atoms with Gasteiger partial charge in [-0.05, 0) is 50.1 Å². The van der Waals surface area contributed by atoms with E-state index in [0.29, 0.717) is 18.4 Å². The molecule has 11 nitrogen and oxygen atoms in total. The molecule has 4 heterocycles. The van der Waals surface area contributed by atoms with Gasteiger partial charge in [-0.15, -0.1) is 10.2 Å². The van der Waals surface area contributed by atoms with E-state index in [1.165, 1.54) is 0 Å². The van der Waals surface area contributed by atoms with Crippen LogP contribution in [0, 0.1) is 0 Å². The molecule has 0 fully saturated rings. The lowest BCUT2D eigenvalue weighted by Gasteiger charge is -2.19. The molecule has 38 heavy (non-hydrogen) atoms. The van der Waals surface area contributed by atoms with Crippen LogP contribution in [-0.2, 0) is 12.0 Å². The molecule has 4 aromatic rings. The van der Waals surface area contributed by atoms with Gasteiger partial charge < -0.3 is 20.4 Å². The highest BCUT2D eigenvalue weighted by molar-refractivity contribution is 5.89. The Bertz CT molecular complexity index is 1430. The van der Waals surface area contributed by atoms with Crippen molar-refractivity contribution >= 4 is 17.5 Å². The Balaban J connectivity index is 1.35. The number of amides is 1. The number of carbonyl (C=O) groups is 1. The number of hydrogen-bond donors (Lipinski definition) is 3. The smallest absolute Gasteiger partial charge is 0.309 e. The van der Waals surface area contributed by atoms with Crippen molar-refractivity contribution in [2.24, 2.45) is 0 Å². The fourth-order valence-corrected chi connectivity index (χ4v) is 4.26. The van der Waals surface area contributed by atoms with Crippen LogP contribution in [0.2, 0.25) is 0 Å². The third-order valence-corrected chi connectivity index (χ3v) is 6.35. The number of fused-ring (bicyclic) bond motifs is 1. The Labute approximate surface area is 221 Å². The van der Waals surface area contributed by atoms with Gasteiger partial charge in [-0.2, -0.15) is 5.10 Å². The molecule has 1 aromatic carbocycles. The first-order valence-electron chi connectivity index (χ1n) is 12.8. The van der Waals surface area contributed by atoms with Crippen LogP contribution in [0.4, 0.5) is 11.6 Å². The van der Waals surface area contributed by atoms with Gasteiger partial charge >= 0.3 is 11.8 Å². The van der Waals surface area contributed by atoms with Gasteiger partial charge in [0.1, 0.15) is 0 Å². The number of benzene rings is 1. The van der Waals surface area contributed by atoms with Crippen molar-refractivity contribution in [2.45, 2.75) is 65.1 Å². The van der Waals surface area contributed by atoms with E-state index < -0.39 is 0 Å². The molecule has 1 amide bonds. The Hall–Kier alpha value is -4.12. The van der Waals surface area contributed by atoms with E-state index in [1.54, 1.807) is 12.4 Å². The van der Waals surface area contributed by atoms with E-state index in [0.717, 1.165) is 41.0 Å². The molecule has 1 aliphatic heterocycles. The third-order valence-electron chi connectivity index (χ3n) is 6.35. The van der Waals surface area contributed by atoms with E-state index in [9.17, 15) is 4.79 Å². The van der Waals surface area contributed by atoms with Gasteiger partial charge in [0.25, 0.3) is 0 Å². The fourth-order valence-electron chi connectivity index (χ4n) is 4.26. The minimum Gasteiger partial charge on any atom is -0.416 e. The van der Waals surface area contributed by atoms with Gasteiger partial charge in [0.05, 0.1) is 23.6 Å². The van der Waals surface area contributed by atoms with Gasteiger partial charge in [-0.3, -0.25) is 9.48 Å². The molecule has 3 N–H and O–H groups in total. The summed E-state index contributed by atoms with van der Waals surface area (Å²) in [6, 6.07) is 8.16. The molecular formula is C27H33N9O2. The zero-order chi connectivity index (χ0) is 26.9. The molecule has 0 radical (unpaired) electrons. The summed E-state index contributed by atoms with van der Waals surface area (Å²) in [7, 11) is 0. The molecule has 0 saturated carbocycles. The van der Waals surface area contributed by atoms with Crippen molar-refractivity contribution in [3.8, 4) is 11.3 Å². The number of nitrogens with zero attached hydrogens (tertiary/aromatic N) is 6. The fraction of sp³-hybridized carbons (Fsp3) is 0.407. The van der Waals surface area contributed by atoms with E-state index in [-0.39, 0.29) is 29.3 Å². The summed E-state index contributed by atoms with van der Waals surface area (Å²) in [6.07, 6.45) is 6.17. The average Bonchev–Trinajstić information content (AvgIpc) is 3.52.